The van der Waals surface area contributed by atoms with Gasteiger partial charge in [-0.3, -0.25) is 0 Å². The number of rotatable bonds is 2. The molecule has 1 atom stereocenters. The molecule has 1 aromatic heterocycles. The smallest absolute Gasteiger partial charge is 0.147 e. The fourth-order valence-electron chi connectivity index (χ4n) is 2.22. The lowest BCUT2D eigenvalue weighted by Gasteiger charge is -2.24. The molecule has 1 saturated heterocycles. The molecule has 1 aliphatic heterocycles. The molecule has 0 N–H and O–H groups in total. The summed E-state index contributed by atoms with van der Waals surface area (Å²) in [4.78, 5) is 9.04. The lowest BCUT2D eigenvalue weighted by Crippen LogP contribution is -2.24. The second-order valence-electron chi connectivity index (χ2n) is 6.04. The van der Waals surface area contributed by atoms with Gasteiger partial charge in [-0.05, 0) is 35.2 Å². The molecule has 2 heterocycles. The quantitative estimate of drug-likeness (QED) is 0.748. The van der Waals surface area contributed by atoms with Gasteiger partial charge < -0.3 is 4.74 Å². The summed E-state index contributed by atoms with van der Waals surface area (Å²) in [6.45, 7) is 7.22. The summed E-state index contributed by atoms with van der Waals surface area (Å²) >= 11 is 9.69. The first-order valence-corrected chi connectivity index (χ1v) is 7.89. The molecule has 0 saturated carbocycles. The summed E-state index contributed by atoms with van der Waals surface area (Å²) in [5.41, 5.74) is 0.895. The van der Waals surface area contributed by atoms with Gasteiger partial charge in [-0.15, -0.1) is 0 Å². The van der Waals surface area contributed by atoms with Gasteiger partial charge in [0.15, 0.2) is 0 Å². The molecule has 5 heteroatoms. The highest BCUT2D eigenvalue weighted by molar-refractivity contribution is 9.10. The Labute approximate surface area is 128 Å². The molecule has 0 bridgehead atoms. The molecular weight excluding hydrogens is 328 g/mol. The van der Waals surface area contributed by atoms with Gasteiger partial charge in [0, 0.05) is 18.4 Å². The molecule has 3 nitrogen and oxygen atoms in total. The molecule has 1 aromatic rings. The fourth-order valence-corrected chi connectivity index (χ4v) is 3.18. The van der Waals surface area contributed by atoms with Crippen LogP contribution in [0.15, 0.2) is 4.47 Å². The summed E-state index contributed by atoms with van der Waals surface area (Å²) in [7, 11) is 0. The maximum atomic E-state index is 6.20. The van der Waals surface area contributed by atoms with E-state index in [0.717, 1.165) is 41.9 Å². The van der Waals surface area contributed by atoms with Crippen LogP contribution in [0.4, 0.5) is 0 Å². The van der Waals surface area contributed by atoms with Crippen LogP contribution in [-0.4, -0.2) is 22.7 Å². The van der Waals surface area contributed by atoms with Crippen LogP contribution >= 0.6 is 27.5 Å². The summed E-state index contributed by atoms with van der Waals surface area (Å²) in [5.74, 6) is 0.782. The number of ether oxygens (including phenoxy) is 1. The average molecular weight is 348 g/mol. The summed E-state index contributed by atoms with van der Waals surface area (Å²) in [5, 5.41) is 0.491. The average Bonchev–Trinajstić information content (AvgIpc) is 2.33. The highest BCUT2D eigenvalue weighted by Gasteiger charge is 2.24. The lowest BCUT2D eigenvalue weighted by molar-refractivity contribution is 0.0156. The Balaban J connectivity index is 2.23. The van der Waals surface area contributed by atoms with Crippen molar-refractivity contribution in [2.24, 2.45) is 0 Å². The van der Waals surface area contributed by atoms with E-state index < -0.39 is 0 Å². The van der Waals surface area contributed by atoms with Gasteiger partial charge in [-0.25, -0.2) is 9.97 Å². The first kappa shape index (κ1) is 15.2. The van der Waals surface area contributed by atoms with Crippen molar-refractivity contribution < 1.29 is 4.74 Å². The molecular formula is C14H20BrClN2O. The number of hydrogen-bond acceptors (Lipinski definition) is 3. The number of aromatic nitrogens is 2. The molecule has 19 heavy (non-hydrogen) atoms. The van der Waals surface area contributed by atoms with Crippen molar-refractivity contribution in [2.75, 3.05) is 6.61 Å². The molecule has 0 radical (unpaired) electrons. The van der Waals surface area contributed by atoms with Crippen molar-refractivity contribution in [3.8, 4) is 0 Å². The van der Waals surface area contributed by atoms with Crippen LogP contribution in [0.2, 0.25) is 5.15 Å². The third-order valence-corrected chi connectivity index (χ3v) is 4.50. The third kappa shape index (κ3) is 3.89. The maximum absolute atomic E-state index is 6.20. The van der Waals surface area contributed by atoms with Gasteiger partial charge >= 0.3 is 0 Å². The monoisotopic (exact) mass is 346 g/mol. The molecule has 1 fully saturated rings. The van der Waals surface area contributed by atoms with Crippen molar-refractivity contribution in [3.05, 3.63) is 21.1 Å². The van der Waals surface area contributed by atoms with Gasteiger partial charge in [0.05, 0.1) is 16.3 Å². The normalized spacial score (nSPS) is 20.6. The number of halogens is 2. The zero-order valence-electron chi connectivity index (χ0n) is 11.7. The Morgan fingerprint density at radius 3 is 2.63 bits per heavy atom. The van der Waals surface area contributed by atoms with E-state index in [4.69, 9.17) is 16.3 Å². The van der Waals surface area contributed by atoms with Crippen LogP contribution < -0.4 is 0 Å². The zero-order valence-corrected chi connectivity index (χ0v) is 14.0. The number of hydrogen-bond donors (Lipinski definition) is 0. The zero-order chi connectivity index (χ0) is 14.0. The molecule has 2 rings (SSSR count). The Hall–Kier alpha value is -0.190. The van der Waals surface area contributed by atoms with Crippen LogP contribution in [0, 0.1) is 0 Å². The summed E-state index contributed by atoms with van der Waals surface area (Å²) in [6, 6.07) is 0. The molecule has 1 aliphatic rings. The minimum Gasteiger partial charge on any atom is -0.378 e. The van der Waals surface area contributed by atoms with Crippen molar-refractivity contribution in [1.29, 1.82) is 0 Å². The van der Waals surface area contributed by atoms with Crippen molar-refractivity contribution >= 4 is 27.5 Å². The van der Waals surface area contributed by atoms with Gasteiger partial charge in [0.1, 0.15) is 11.0 Å². The standard InChI is InChI=1S/C14H20BrClN2O/c1-14(2,3)12-11(15)13(16)18-10(17-12)8-9-6-4-5-7-19-9/h9H,4-8H2,1-3H3. The van der Waals surface area contributed by atoms with E-state index in [1.54, 1.807) is 0 Å². The Bertz CT molecular complexity index is 453. The Kier molecular flexibility index (Phi) is 4.85. The van der Waals surface area contributed by atoms with Crippen LogP contribution in [-0.2, 0) is 16.6 Å². The topological polar surface area (TPSA) is 35.0 Å². The summed E-state index contributed by atoms with van der Waals surface area (Å²) in [6.07, 6.45) is 4.45. The molecule has 0 aliphatic carbocycles. The first-order valence-electron chi connectivity index (χ1n) is 6.72. The molecule has 0 amide bonds. The van der Waals surface area contributed by atoms with E-state index in [-0.39, 0.29) is 11.5 Å². The fraction of sp³-hybridized carbons (Fsp3) is 0.714. The minimum absolute atomic E-state index is 0.0619. The van der Waals surface area contributed by atoms with Gasteiger partial charge in [-0.2, -0.15) is 0 Å². The van der Waals surface area contributed by atoms with Gasteiger partial charge in [-0.1, -0.05) is 32.4 Å². The minimum atomic E-state index is -0.0619. The van der Waals surface area contributed by atoms with E-state index in [1.807, 2.05) is 0 Å². The van der Waals surface area contributed by atoms with E-state index in [1.165, 1.54) is 6.42 Å². The SMILES string of the molecule is CC(C)(C)c1nc(CC2CCCCO2)nc(Cl)c1Br. The van der Waals surface area contributed by atoms with Crippen LogP contribution in [0.5, 0.6) is 0 Å². The second kappa shape index (κ2) is 6.06. The Morgan fingerprint density at radius 1 is 1.32 bits per heavy atom. The second-order valence-corrected chi connectivity index (χ2v) is 7.19. The Morgan fingerprint density at radius 2 is 2.05 bits per heavy atom. The van der Waals surface area contributed by atoms with E-state index >= 15 is 0 Å². The van der Waals surface area contributed by atoms with Crippen LogP contribution in [0.3, 0.4) is 0 Å². The molecule has 1 unspecified atom stereocenters. The third-order valence-electron chi connectivity index (χ3n) is 3.25. The molecule has 0 spiro atoms. The highest BCUT2D eigenvalue weighted by Crippen LogP contribution is 2.32. The predicted molar refractivity (Wildman–Crippen MR) is 80.7 cm³/mol. The molecule has 106 valence electrons. The van der Waals surface area contributed by atoms with Gasteiger partial charge in [0.25, 0.3) is 0 Å². The van der Waals surface area contributed by atoms with Crippen LogP contribution in [0.25, 0.3) is 0 Å². The summed E-state index contributed by atoms with van der Waals surface area (Å²) < 4.78 is 6.54. The number of nitrogens with zero attached hydrogens (tertiary/aromatic N) is 2. The van der Waals surface area contributed by atoms with Crippen molar-refractivity contribution in [3.63, 3.8) is 0 Å². The predicted octanol–water partition coefficient (Wildman–Crippen LogP) is 4.30. The highest BCUT2D eigenvalue weighted by atomic mass is 79.9. The van der Waals surface area contributed by atoms with E-state index in [0.29, 0.717) is 5.15 Å². The van der Waals surface area contributed by atoms with Crippen molar-refractivity contribution in [2.45, 2.75) is 58.0 Å². The lowest BCUT2D eigenvalue weighted by atomic mass is 9.92. The maximum Gasteiger partial charge on any atom is 0.147 e. The van der Waals surface area contributed by atoms with Crippen LogP contribution in [0.1, 0.15) is 51.6 Å². The van der Waals surface area contributed by atoms with E-state index in [9.17, 15) is 0 Å². The largest absolute Gasteiger partial charge is 0.378 e. The van der Waals surface area contributed by atoms with E-state index in [2.05, 4.69) is 46.7 Å². The van der Waals surface area contributed by atoms with Crippen molar-refractivity contribution in [1.82, 2.24) is 9.97 Å². The first-order chi connectivity index (χ1) is 8.88. The van der Waals surface area contributed by atoms with Gasteiger partial charge in [0.2, 0.25) is 0 Å². The molecule has 0 aromatic carbocycles.